The topological polar surface area (TPSA) is 77.5 Å². The number of nitrogens with one attached hydrogen (secondary N) is 1. The Morgan fingerprint density at radius 1 is 1.07 bits per heavy atom. The Balaban J connectivity index is 1.59. The fourth-order valence-electron chi connectivity index (χ4n) is 2.36. The van der Waals surface area contributed by atoms with Crippen molar-refractivity contribution in [3.63, 3.8) is 0 Å². The van der Waals surface area contributed by atoms with Gasteiger partial charge >= 0.3 is 5.97 Å². The molecule has 0 radical (unpaired) electrons. The highest BCUT2D eigenvalue weighted by Gasteiger charge is 2.18. The van der Waals surface area contributed by atoms with E-state index in [1.165, 1.54) is 11.3 Å². The lowest BCUT2D eigenvalue weighted by atomic mass is 10.2. The predicted molar refractivity (Wildman–Crippen MR) is 104 cm³/mol. The third-order valence-electron chi connectivity index (χ3n) is 3.71. The molecule has 6 nitrogen and oxygen atoms in total. The van der Waals surface area contributed by atoms with Gasteiger partial charge in [-0.05, 0) is 31.2 Å². The van der Waals surface area contributed by atoms with E-state index in [4.69, 9.17) is 9.47 Å². The van der Waals surface area contributed by atoms with Gasteiger partial charge in [0.25, 0.3) is 5.91 Å². The van der Waals surface area contributed by atoms with Crippen LogP contribution in [0.25, 0.3) is 10.6 Å². The molecule has 0 aliphatic rings. The number of benzene rings is 2. The number of rotatable bonds is 6. The summed E-state index contributed by atoms with van der Waals surface area (Å²) in [4.78, 5) is 29.1. The van der Waals surface area contributed by atoms with Crippen molar-refractivity contribution in [2.45, 2.75) is 6.92 Å². The highest BCUT2D eigenvalue weighted by molar-refractivity contribution is 7.17. The van der Waals surface area contributed by atoms with Crippen LogP contribution in [-0.4, -0.2) is 30.6 Å². The second-order valence-corrected chi connectivity index (χ2v) is 6.65. The number of aromatic nitrogens is 1. The minimum atomic E-state index is -0.558. The molecule has 7 heteroatoms. The molecule has 0 fully saturated rings. The van der Waals surface area contributed by atoms with Crippen molar-refractivity contribution in [1.82, 2.24) is 4.98 Å². The van der Waals surface area contributed by atoms with E-state index in [0.29, 0.717) is 22.0 Å². The standard InChI is InChI=1S/C20H18N2O4S/c1-13-18(27-19(21-13)14-6-4-3-5-7-14)20(24)26-12-17(23)22-15-8-10-16(25-2)11-9-15/h3-11H,12H2,1-2H3,(H,22,23). The normalized spacial score (nSPS) is 10.3. The number of carbonyl (C=O) groups excluding carboxylic acids is 2. The molecule has 1 aromatic heterocycles. The van der Waals surface area contributed by atoms with E-state index in [2.05, 4.69) is 10.3 Å². The zero-order valence-electron chi connectivity index (χ0n) is 14.9. The first-order valence-corrected chi connectivity index (χ1v) is 9.02. The molecule has 1 N–H and O–H groups in total. The first-order chi connectivity index (χ1) is 13.1. The van der Waals surface area contributed by atoms with E-state index >= 15 is 0 Å². The molecule has 27 heavy (non-hydrogen) atoms. The molecule has 0 saturated heterocycles. The molecule has 138 valence electrons. The molecule has 3 aromatic rings. The van der Waals surface area contributed by atoms with Crippen LogP contribution in [0.3, 0.4) is 0 Å². The van der Waals surface area contributed by atoms with Crippen molar-refractivity contribution in [3.8, 4) is 16.3 Å². The smallest absolute Gasteiger partial charge is 0.350 e. The van der Waals surface area contributed by atoms with Gasteiger partial charge in [0.05, 0.1) is 12.8 Å². The van der Waals surface area contributed by atoms with Crippen molar-refractivity contribution in [1.29, 1.82) is 0 Å². The van der Waals surface area contributed by atoms with Gasteiger partial charge in [0, 0.05) is 11.3 Å². The van der Waals surface area contributed by atoms with Crippen LogP contribution >= 0.6 is 11.3 Å². The van der Waals surface area contributed by atoms with Gasteiger partial charge in [-0.2, -0.15) is 0 Å². The second-order valence-electron chi connectivity index (χ2n) is 5.65. The van der Waals surface area contributed by atoms with E-state index in [0.717, 1.165) is 10.6 Å². The molecule has 2 aromatic carbocycles. The van der Waals surface area contributed by atoms with Gasteiger partial charge in [-0.1, -0.05) is 30.3 Å². The fourth-order valence-corrected chi connectivity index (χ4v) is 3.32. The Labute approximate surface area is 160 Å². The second kappa shape index (κ2) is 8.46. The summed E-state index contributed by atoms with van der Waals surface area (Å²) in [6.07, 6.45) is 0. The Morgan fingerprint density at radius 2 is 1.78 bits per heavy atom. The summed E-state index contributed by atoms with van der Waals surface area (Å²) < 4.78 is 10.2. The zero-order chi connectivity index (χ0) is 19.2. The third kappa shape index (κ3) is 4.71. The molecule has 0 unspecified atom stereocenters. The Kier molecular flexibility index (Phi) is 5.83. The molecule has 1 heterocycles. The van der Waals surface area contributed by atoms with Crippen molar-refractivity contribution in [2.24, 2.45) is 0 Å². The molecular formula is C20H18N2O4S. The minimum Gasteiger partial charge on any atom is -0.497 e. The van der Waals surface area contributed by atoms with Gasteiger partial charge < -0.3 is 14.8 Å². The Bertz CT molecular complexity index is 936. The molecule has 1 amide bonds. The van der Waals surface area contributed by atoms with Gasteiger partial charge in [-0.25, -0.2) is 9.78 Å². The number of hydrogen-bond donors (Lipinski definition) is 1. The molecule has 0 atom stereocenters. The molecule has 0 bridgehead atoms. The van der Waals surface area contributed by atoms with Crippen molar-refractivity contribution >= 4 is 28.9 Å². The number of methoxy groups -OCH3 is 1. The molecule has 0 saturated carbocycles. The first-order valence-electron chi connectivity index (χ1n) is 8.20. The fraction of sp³-hybridized carbons (Fsp3) is 0.150. The van der Waals surface area contributed by atoms with E-state index in [9.17, 15) is 9.59 Å². The van der Waals surface area contributed by atoms with E-state index in [1.807, 2.05) is 30.3 Å². The quantitative estimate of drug-likeness (QED) is 0.654. The van der Waals surface area contributed by atoms with E-state index in [-0.39, 0.29) is 6.61 Å². The van der Waals surface area contributed by atoms with Crippen LogP contribution in [0, 0.1) is 6.92 Å². The van der Waals surface area contributed by atoms with Crippen LogP contribution in [-0.2, 0) is 9.53 Å². The van der Waals surface area contributed by atoms with Crippen LogP contribution in [0.4, 0.5) is 5.69 Å². The Morgan fingerprint density at radius 3 is 2.44 bits per heavy atom. The largest absolute Gasteiger partial charge is 0.497 e. The van der Waals surface area contributed by atoms with E-state index in [1.54, 1.807) is 38.3 Å². The number of carbonyl (C=O) groups is 2. The van der Waals surface area contributed by atoms with Crippen molar-refractivity contribution in [3.05, 3.63) is 65.2 Å². The third-order valence-corrected chi connectivity index (χ3v) is 4.90. The molecular weight excluding hydrogens is 364 g/mol. The van der Waals surface area contributed by atoms with Crippen LogP contribution in [0.2, 0.25) is 0 Å². The average Bonchev–Trinajstić information content (AvgIpc) is 3.09. The first kappa shape index (κ1) is 18.6. The summed E-state index contributed by atoms with van der Waals surface area (Å²) in [7, 11) is 1.57. The lowest BCUT2D eigenvalue weighted by Crippen LogP contribution is -2.20. The molecule has 0 aliphatic carbocycles. The number of anilines is 1. The minimum absolute atomic E-state index is 0.372. The molecule has 3 rings (SSSR count). The lowest BCUT2D eigenvalue weighted by Gasteiger charge is -2.07. The Hall–Kier alpha value is -3.19. The summed E-state index contributed by atoms with van der Waals surface area (Å²) in [5.74, 6) is -0.287. The van der Waals surface area contributed by atoms with Gasteiger partial charge in [0.2, 0.25) is 0 Å². The van der Waals surface area contributed by atoms with E-state index < -0.39 is 11.9 Å². The maximum Gasteiger partial charge on any atom is 0.350 e. The lowest BCUT2D eigenvalue weighted by molar-refractivity contribution is -0.119. The highest BCUT2D eigenvalue weighted by Crippen LogP contribution is 2.28. The summed E-state index contributed by atoms with van der Waals surface area (Å²) in [5.41, 5.74) is 2.11. The summed E-state index contributed by atoms with van der Waals surface area (Å²) in [6.45, 7) is 1.37. The van der Waals surface area contributed by atoms with Gasteiger partial charge in [0.15, 0.2) is 6.61 Å². The van der Waals surface area contributed by atoms with Crippen LogP contribution in [0.1, 0.15) is 15.4 Å². The number of thiazole rings is 1. The van der Waals surface area contributed by atoms with Crippen molar-refractivity contribution in [2.75, 3.05) is 19.0 Å². The number of ether oxygens (including phenoxy) is 2. The van der Waals surface area contributed by atoms with Crippen LogP contribution in [0.5, 0.6) is 5.75 Å². The SMILES string of the molecule is COc1ccc(NC(=O)COC(=O)c2sc(-c3ccccc3)nc2C)cc1. The average molecular weight is 382 g/mol. The van der Waals surface area contributed by atoms with Gasteiger partial charge in [-0.15, -0.1) is 11.3 Å². The van der Waals surface area contributed by atoms with Crippen molar-refractivity contribution < 1.29 is 19.1 Å². The molecule has 0 spiro atoms. The maximum absolute atomic E-state index is 12.3. The monoisotopic (exact) mass is 382 g/mol. The predicted octanol–water partition coefficient (Wildman–Crippen LogP) is 3.92. The summed E-state index contributed by atoms with van der Waals surface area (Å²) >= 11 is 1.25. The number of nitrogens with zero attached hydrogens (tertiary/aromatic N) is 1. The number of amides is 1. The number of hydrogen-bond acceptors (Lipinski definition) is 6. The molecule has 0 aliphatic heterocycles. The summed E-state index contributed by atoms with van der Waals surface area (Å²) in [6, 6.07) is 16.5. The number of esters is 1. The maximum atomic E-state index is 12.3. The van der Waals surface area contributed by atoms with Gasteiger partial charge in [0.1, 0.15) is 15.6 Å². The van der Waals surface area contributed by atoms with Gasteiger partial charge in [-0.3, -0.25) is 4.79 Å². The zero-order valence-corrected chi connectivity index (χ0v) is 15.7. The number of aryl methyl sites for hydroxylation is 1. The highest BCUT2D eigenvalue weighted by atomic mass is 32.1. The van der Waals surface area contributed by atoms with Crippen LogP contribution in [0.15, 0.2) is 54.6 Å². The summed E-state index contributed by atoms with van der Waals surface area (Å²) in [5, 5.41) is 3.40. The van der Waals surface area contributed by atoms with Crippen LogP contribution < -0.4 is 10.1 Å².